The Hall–Kier alpha value is -2.49. The van der Waals surface area contributed by atoms with Gasteiger partial charge in [-0.2, -0.15) is 0 Å². The second-order valence-electron chi connectivity index (χ2n) is 4.39. The molecule has 4 heteroatoms. The molecule has 0 saturated carbocycles. The first-order valence-electron chi connectivity index (χ1n) is 5.86. The molecule has 4 nitrogen and oxygen atoms in total. The standard InChI is InChI=1S/C15H13NO3/c1-15(16(18)19,13-10-6-3-7-11-13)14(17)12-8-4-2-5-9-12/h2-11H,1H3. The predicted octanol–water partition coefficient (Wildman–Crippen LogP) is 3.06. The van der Waals surface area contributed by atoms with Gasteiger partial charge < -0.3 is 0 Å². The molecule has 0 bridgehead atoms. The fourth-order valence-corrected chi connectivity index (χ4v) is 1.95. The highest BCUT2D eigenvalue weighted by atomic mass is 16.6. The van der Waals surface area contributed by atoms with Gasteiger partial charge in [0.15, 0.2) is 0 Å². The Balaban J connectivity index is 2.53. The summed E-state index contributed by atoms with van der Waals surface area (Å²) >= 11 is 0. The van der Waals surface area contributed by atoms with Gasteiger partial charge in [0.2, 0.25) is 5.78 Å². The van der Waals surface area contributed by atoms with Crippen LogP contribution < -0.4 is 0 Å². The molecule has 0 heterocycles. The van der Waals surface area contributed by atoms with Crippen LogP contribution in [0.15, 0.2) is 60.7 Å². The van der Waals surface area contributed by atoms with Crippen LogP contribution in [0.5, 0.6) is 0 Å². The highest BCUT2D eigenvalue weighted by molar-refractivity contribution is 6.02. The van der Waals surface area contributed by atoms with E-state index in [1.807, 2.05) is 0 Å². The van der Waals surface area contributed by atoms with Gasteiger partial charge in [-0.05, 0) is 0 Å². The zero-order chi connectivity index (χ0) is 13.9. The second-order valence-corrected chi connectivity index (χ2v) is 4.39. The molecule has 0 N–H and O–H groups in total. The van der Waals surface area contributed by atoms with Crippen molar-refractivity contribution in [3.8, 4) is 0 Å². The van der Waals surface area contributed by atoms with Crippen LogP contribution in [0.4, 0.5) is 0 Å². The highest BCUT2D eigenvalue weighted by Gasteiger charge is 2.47. The molecule has 0 saturated heterocycles. The zero-order valence-electron chi connectivity index (χ0n) is 10.4. The van der Waals surface area contributed by atoms with Crippen LogP contribution in [0.25, 0.3) is 0 Å². The normalized spacial score (nSPS) is 13.5. The summed E-state index contributed by atoms with van der Waals surface area (Å²) in [5.41, 5.74) is -1.04. The van der Waals surface area contributed by atoms with Gasteiger partial charge in [0.05, 0.1) is 0 Å². The number of nitrogens with zero attached hydrogens (tertiary/aromatic N) is 1. The van der Waals surface area contributed by atoms with Crippen LogP contribution in [0, 0.1) is 10.1 Å². The molecule has 0 fully saturated rings. The summed E-state index contributed by atoms with van der Waals surface area (Å²) < 4.78 is 0. The van der Waals surface area contributed by atoms with E-state index in [2.05, 4.69) is 0 Å². The maximum atomic E-state index is 12.5. The summed E-state index contributed by atoms with van der Waals surface area (Å²) in [6.07, 6.45) is 0. The molecular weight excluding hydrogens is 242 g/mol. The van der Waals surface area contributed by atoms with Gasteiger partial charge in [0.25, 0.3) is 0 Å². The largest absolute Gasteiger partial charge is 0.305 e. The van der Waals surface area contributed by atoms with E-state index in [1.165, 1.54) is 6.92 Å². The van der Waals surface area contributed by atoms with Gasteiger partial charge in [-0.1, -0.05) is 60.7 Å². The fourth-order valence-electron chi connectivity index (χ4n) is 1.95. The third kappa shape index (κ3) is 2.25. The molecule has 1 atom stereocenters. The Labute approximate surface area is 110 Å². The smallest absolute Gasteiger partial charge is 0.286 e. The highest BCUT2D eigenvalue weighted by Crippen LogP contribution is 2.28. The first-order valence-corrected chi connectivity index (χ1v) is 5.86. The third-order valence-electron chi connectivity index (χ3n) is 3.18. The minimum absolute atomic E-state index is 0.338. The summed E-state index contributed by atoms with van der Waals surface area (Å²) in [5, 5.41) is 11.4. The first-order chi connectivity index (χ1) is 9.06. The number of benzene rings is 2. The molecule has 2 rings (SSSR count). The van der Waals surface area contributed by atoms with Gasteiger partial charge >= 0.3 is 5.54 Å². The van der Waals surface area contributed by atoms with E-state index in [0.717, 1.165) is 0 Å². The van der Waals surface area contributed by atoms with Crippen molar-refractivity contribution in [1.82, 2.24) is 0 Å². The minimum atomic E-state index is -1.76. The maximum absolute atomic E-state index is 12.5. The number of Topliss-reactive ketones (excluding diaryl/α,β-unsaturated/α-hetero) is 1. The predicted molar refractivity (Wildman–Crippen MR) is 71.6 cm³/mol. The van der Waals surface area contributed by atoms with Gasteiger partial charge in [-0.3, -0.25) is 14.9 Å². The van der Waals surface area contributed by atoms with Crippen LogP contribution in [0.1, 0.15) is 22.8 Å². The quantitative estimate of drug-likeness (QED) is 0.479. The lowest BCUT2D eigenvalue weighted by molar-refractivity contribution is -0.553. The topological polar surface area (TPSA) is 60.2 Å². The van der Waals surface area contributed by atoms with Gasteiger partial charge in [-0.15, -0.1) is 0 Å². The van der Waals surface area contributed by atoms with Crippen molar-refractivity contribution in [1.29, 1.82) is 0 Å². The van der Waals surface area contributed by atoms with Crippen LogP contribution in [0.2, 0.25) is 0 Å². The zero-order valence-corrected chi connectivity index (χ0v) is 10.4. The van der Waals surface area contributed by atoms with Crippen molar-refractivity contribution >= 4 is 5.78 Å². The van der Waals surface area contributed by atoms with Crippen molar-refractivity contribution in [3.63, 3.8) is 0 Å². The molecule has 0 radical (unpaired) electrons. The number of nitro groups is 1. The number of ketones is 1. The SMILES string of the molecule is CC(C(=O)c1ccccc1)(c1ccccc1)[N+](=O)[O-]. The third-order valence-corrected chi connectivity index (χ3v) is 3.18. The van der Waals surface area contributed by atoms with Crippen LogP contribution in [-0.4, -0.2) is 10.7 Å². The first kappa shape index (κ1) is 13.0. The van der Waals surface area contributed by atoms with Gasteiger partial charge in [0, 0.05) is 23.0 Å². The van der Waals surface area contributed by atoms with Crippen molar-refractivity contribution in [2.45, 2.75) is 12.5 Å². The molecule has 0 spiro atoms. The summed E-state index contributed by atoms with van der Waals surface area (Å²) in [4.78, 5) is 23.4. The molecule has 0 amide bonds. The molecule has 0 aromatic heterocycles. The lowest BCUT2D eigenvalue weighted by Crippen LogP contribution is -2.40. The van der Waals surface area contributed by atoms with E-state index in [9.17, 15) is 14.9 Å². The van der Waals surface area contributed by atoms with E-state index in [1.54, 1.807) is 60.7 Å². The monoisotopic (exact) mass is 255 g/mol. The second kappa shape index (κ2) is 5.02. The minimum Gasteiger partial charge on any atom is -0.286 e. The number of carbonyl (C=O) groups excluding carboxylic acids is 1. The van der Waals surface area contributed by atoms with Crippen LogP contribution in [0.3, 0.4) is 0 Å². The van der Waals surface area contributed by atoms with Crippen LogP contribution >= 0.6 is 0 Å². The van der Waals surface area contributed by atoms with E-state index in [-0.39, 0.29) is 0 Å². The summed E-state index contributed by atoms with van der Waals surface area (Å²) in [7, 11) is 0. The van der Waals surface area contributed by atoms with E-state index in [0.29, 0.717) is 11.1 Å². The lowest BCUT2D eigenvalue weighted by Gasteiger charge is -2.19. The number of rotatable bonds is 4. The fraction of sp³-hybridized carbons (Fsp3) is 0.133. The Kier molecular flexibility index (Phi) is 3.42. The molecule has 2 aromatic carbocycles. The van der Waals surface area contributed by atoms with E-state index < -0.39 is 16.2 Å². The van der Waals surface area contributed by atoms with Crippen LogP contribution in [-0.2, 0) is 5.54 Å². The summed E-state index contributed by atoms with van der Waals surface area (Å²) in [5.74, 6) is -0.510. The molecular formula is C15H13NO3. The molecule has 0 aliphatic rings. The van der Waals surface area contributed by atoms with Crippen molar-refractivity contribution in [3.05, 3.63) is 81.9 Å². The van der Waals surface area contributed by atoms with Gasteiger partial charge in [0.1, 0.15) is 0 Å². The Morgan fingerprint density at radius 3 is 1.95 bits per heavy atom. The van der Waals surface area contributed by atoms with Crippen molar-refractivity contribution < 1.29 is 9.72 Å². The Bertz CT molecular complexity index is 595. The molecule has 0 aliphatic carbocycles. The summed E-state index contributed by atoms with van der Waals surface area (Å²) in [6, 6.07) is 16.7. The molecule has 96 valence electrons. The Morgan fingerprint density at radius 1 is 1.00 bits per heavy atom. The number of carbonyl (C=O) groups is 1. The molecule has 1 unspecified atom stereocenters. The molecule has 19 heavy (non-hydrogen) atoms. The van der Waals surface area contributed by atoms with Crippen molar-refractivity contribution in [2.75, 3.05) is 0 Å². The van der Waals surface area contributed by atoms with E-state index in [4.69, 9.17) is 0 Å². The van der Waals surface area contributed by atoms with E-state index >= 15 is 0 Å². The molecule has 2 aromatic rings. The lowest BCUT2D eigenvalue weighted by atomic mass is 9.85. The summed E-state index contributed by atoms with van der Waals surface area (Å²) in [6.45, 7) is 1.34. The number of hydrogen-bond donors (Lipinski definition) is 0. The maximum Gasteiger partial charge on any atom is 0.305 e. The number of hydrogen-bond acceptors (Lipinski definition) is 3. The molecule has 0 aliphatic heterocycles. The Morgan fingerprint density at radius 2 is 1.47 bits per heavy atom. The average molecular weight is 255 g/mol. The van der Waals surface area contributed by atoms with Crippen molar-refractivity contribution in [2.24, 2.45) is 0 Å². The van der Waals surface area contributed by atoms with Gasteiger partial charge in [-0.25, -0.2) is 0 Å². The average Bonchev–Trinajstić information content (AvgIpc) is 2.47.